The molecule has 0 aliphatic carbocycles. The molecule has 0 saturated heterocycles. The van der Waals surface area contributed by atoms with Crippen LogP contribution in [0.3, 0.4) is 0 Å². The fourth-order valence-corrected chi connectivity index (χ4v) is 1.46. The van der Waals surface area contributed by atoms with E-state index >= 15 is 0 Å². The Kier molecular flexibility index (Phi) is 2.55. The lowest BCUT2D eigenvalue weighted by Crippen LogP contribution is -1.99. The topological polar surface area (TPSA) is 56.5 Å². The molecule has 15 heavy (non-hydrogen) atoms. The summed E-state index contributed by atoms with van der Waals surface area (Å²) in [5.41, 5.74) is 0.908. The van der Waals surface area contributed by atoms with Crippen LogP contribution < -0.4 is 4.74 Å². The molecule has 78 valence electrons. The summed E-state index contributed by atoms with van der Waals surface area (Å²) in [6, 6.07) is 3.37. The van der Waals surface area contributed by atoms with E-state index in [4.69, 9.17) is 16.3 Å². The lowest BCUT2D eigenvalue weighted by atomic mass is 10.3. The van der Waals surface area contributed by atoms with Gasteiger partial charge in [-0.25, -0.2) is 0 Å². The van der Waals surface area contributed by atoms with Gasteiger partial charge in [-0.3, -0.25) is 4.79 Å². The molecule has 0 saturated carbocycles. The lowest BCUT2D eigenvalue weighted by molar-refractivity contribution is 0.112. The first-order valence-electron chi connectivity index (χ1n) is 4.39. The third-order valence-corrected chi connectivity index (χ3v) is 2.16. The molecule has 0 aliphatic heterocycles. The highest BCUT2D eigenvalue weighted by Gasteiger charge is 2.11. The molecule has 0 radical (unpaired) electrons. The first kappa shape index (κ1) is 9.92. The number of halogens is 1. The average molecular weight is 226 g/mol. The summed E-state index contributed by atoms with van der Waals surface area (Å²) in [5, 5.41) is 8.07. The zero-order chi connectivity index (χ0) is 10.8. The minimum Gasteiger partial charge on any atom is -0.477 e. The first-order valence-corrected chi connectivity index (χ1v) is 4.77. The summed E-state index contributed by atoms with van der Waals surface area (Å²) in [6.45, 7) is 2.38. The molecule has 2 heterocycles. The number of aromatic nitrogens is 3. The maximum absolute atomic E-state index is 10.7. The molecule has 2 aromatic rings. The standard InChI is InChI=1S/C9H8ClN3O2/c1-2-15-8-4-3-7-6(5-14)9(10)12-13(7)11-8/h3-5H,2H2,1H3. The molecule has 0 bridgehead atoms. The summed E-state index contributed by atoms with van der Waals surface area (Å²) < 4.78 is 6.48. The molecule has 2 rings (SSSR count). The van der Waals surface area contributed by atoms with Crippen LogP contribution >= 0.6 is 11.6 Å². The predicted molar refractivity (Wildman–Crippen MR) is 54.6 cm³/mol. The van der Waals surface area contributed by atoms with Gasteiger partial charge in [0.05, 0.1) is 17.7 Å². The second-order valence-electron chi connectivity index (χ2n) is 2.80. The Morgan fingerprint density at radius 3 is 3.00 bits per heavy atom. The molecular formula is C9H8ClN3O2. The van der Waals surface area contributed by atoms with Crippen molar-refractivity contribution < 1.29 is 9.53 Å². The summed E-state index contributed by atoms with van der Waals surface area (Å²) in [5.74, 6) is 0.446. The van der Waals surface area contributed by atoms with E-state index in [0.717, 1.165) is 0 Å². The van der Waals surface area contributed by atoms with Crippen molar-refractivity contribution in [1.82, 2.24) is 14.8 Å². The number of ether oxygens (including phenoxy) is 1. The van der Waals surface area contributed by atoms with E-state index in [1.807, 2.05) is 6.92 Å². The number of hydrogen-bond donors (Lipinski definition) is 0. The van der Waals surface area contributed by atoms with Crippen molar-refractivity contribution in [2.24, 2.45) is 0 Å². The summed E-state index contributed by atoms with van der Waals surface area (Å²) in [4.78, 5) is 10.7. The van der Waals surface area contributed by atoms with Gasteiger partial charge in [0.1, 0.15) is 0 Å². The van der Waals surface area contributed by atoms with E-state index in [0.29, 0.717) is 29.9 Å². The first-order chi connectivity index (χ1) is 7.26. The lowest BCUT2D eigenvalue weighted by Gasteiger charge is -2.00. The molecule has 0 aromatic carbocycles. The number of carbonyl (C=O) groups is 1. The fraction of sp³-hybridized carbons (Fsp3) is 0.222. The summed E-state index contributed by atoms with van der Waals surface area (Å²) in [7, 11) is 0. The summed E-state index contributed by atoms with van der Waals surface area (Å²) >= 11 is 5.75. The van der Waals surface area contributed by atoms with Crippen LogP contribution in [0, 0.1) is 0 Å². The van der Waals surface area contributed by atoms with Gasteiger partial charge in [-0.15, -0.1) is 14.8 Å². The number of rotatable bonds is 3. The van der Waals surface area contributed by atoms with E-state index in [-0.39, 0.29) is 5.15 Å². The Morgan fingerprint density at radius 1 is 1.53 bits per heavy atom. The maximum Gasteiger partial charge on any atom is 0.233 e. The van der Waals surface area contributed by atoms with E-state index in [2.05, 4.69) is 10.2 Å². The van der Waals surface area contributed by atoms with Crippen molar-refractivity contribution in [2.45, 2.75) is 6.92 Å². The zero-order valence-corrected chi connectivity index (χ0v) is 8.73. The van der Waals surface area contributed by atoms with E-state index in [9.17, 15) is 4.79 Å². The predicted octanol–water partition coefficient (Wildman–Crippen LogP) is 1.59. The van der Waals surface area contributed by atoms with Gasteiger partial charge in [-0.1, -0.05) is 11.6 Å². The van der Waals surface area contributed by atoms with Crippen molar-refractivity contribution >= 4 is 23.4 Å². The van der Waals surface area contributed by atoms with Crippen LogP contribution in [0.2, 0.25) is 5.15 Å². The second-order valence-corrected chi connectivity index (χ2v) is 3.16. The molecule has 0 unspecified atom stereocenters. The van der Waals surface area contributed by atoms with E-state index in [1.54, 1.807) is 12.1 Å². The van der Waals surface area contributed by atoms with Gasteiger partial charge < -0.3 is 4.74 Å². The van der Waals surface area contributed by atoms with Crippen molar-refractivity contribution in [1.29, 1.82) is 0 Å². The smallest absolute Gasteiger partial charge is 0.233 e. The highest BCUT2D eigenvalue weighted by molar-refractivity contribution is 6.32. The SMILES string of the molecule is CCOc1ccc2c(C=O)c(Cl)nn2n1. The molecule has 0 atom stereocenters. The third kappa shape index (κ3) is 1.66. The van der Waals surface area contributed by atoms with Gasteiger partial charge in [0.25, 0.3) is 0 Å². The monoisotopic (exact) mass is 225 g/mol. The van der Waals surface area contributed by atoms with Crippen LogP contribution in [0.25, 0.3) is 5.52 Å². The van der Waals surface area contributed by atoms with Crippen molar-refractivity contribution in [2.75, 3.05) is 6.61 Å². The molecule has 0 aliphatic rings. The van der Waals surface area contributed by atoms with Crippen LogP contribution in [0.5, 0.6) is 5.88 Å². The molecule has 6 heteroatoms. The molecule has 2 aromatic heterocycles. The Balaban J connectivity index is 2.59. The zero-order valence-electron chi connectivity index (χ0n) is 7.98. The number of nitrogens with zero attached hydrogens (tertiary/aromatic N) is 3. The normalized spacial score (nSPS) is 10.5. The van der Waals surface area contributed by atoms with Gasteiger partial charge >= 0.3 is 0 Å². The van der Waals surface area contributed by atoms with Gasteiger partial charge in [0.15, 0.2) is 11.4 Å². The van der Waals surface area contributed by atoms with Crippen LogP contribution in [0.15, 0.2) is 12.1 Å². The molecular weight excluding hydrogens is 218 g/mol. The highest BCUT2D eigenvalue weighted by atomic mass is 35.5. The third-order valence-electron chi connectivity index (χ3n) is 1.88. The number of carbonyl (C=O) groups excluding carboxylic acids is 1. The van der Waals surface area contributed by atoms with Crippen LogP contribution in [0.4, 0.5) is 0 Å². The average Bonchev–Trinajstić information content (AvgIpc) is 2.53. The number of hydrogen-bond acceptors (Lipinski definition) is 4. The summed E-state index contributed by atoms with van der Waals surface area (Å²) in [6.07, 6.45) is 0.659. The second kappa shape index (κ2) is 3.86. The Morgan fingerprint density at radius 2 is 2.33 bits per heavy atom. The quantitative estimate of drug-likeness (QED) is 0.745. The van der Waals surface area contributed by atoms with E-state index < -0.39 is 0 Å². The fourth-order valence-electron chi connectivity index (χ4n) is 1.25. The van der Waals surface area contributed by atoms with Gasteiger partial charge in [-0.05, 0) is 13.0 Å². The van der Waals surface area contributed by atoms with Crippen LogP contribution in [-0.4, -0.2) is 27.7 Å². The maximum atomic E-state index is 10.7. The number of fused-ring (bicyclic) bond motifs is 1. The minimum absolute atomic E-state index is 0.145. The molecule has 0 fully saturated rings. The molecule has 0 amide bonds. The van der Waals surface area contributed by atoms with Gasteiger partial charge in [0.2, 0.25) is 5.88 Å². The molecule has 0 spiro atoms. The number of aldehydes is 1. The van der Waals surface area contributed by atoms with Crippen molar-refractivity contribution in [3.05, 3.63) is 22.8 Å². The van der Waals surface area contributed by atoms with Gasteiger partial charge in [0, 0.05) is 6.07 Å². The van der Waals surface area contributed by atoms with E-state index in [1.165, 1.54) is 4.63 Å². The van der Waals surface area contributed by atoms with Gasteiger partial charge in [-0.2, -0.15) is 0 Å². The van der Waals surface area contributed by atoms with Crippen molar-refractivity contribution in [3.63, 3.8) is 0 Å². The highest BCUT2D eigenvalue weighted by Crippen LogP contribution is 2.19. The Labute approximate surface area is 90.6 Å². The van der Waals surface area contributed by atoms with Crippen molar-refractivity contribution in [3.8, 4) is 5.88 Å². The Hall–Kier alpha value is -1.62. The largest absolute Gasteiger partial charge is 0.477 e. The van der Waals surface area contributed by atoms with Crippen LogP contribution in [-0.2, 0) is 0 Å². The Bertz CT molecular complexity index is 509. The molecule has 0 N–H and O–H groups in total. The minimum atomic E-state index is 0.145. The molecule has 5 nitrogen and oxygen atoms in total. The van der Waals surface area contributed by atoms with Crippen LogP contribution in [0.1, 0.15) is 17.3 Å².